The Kier molecular flexibility index (Phi) is 3.39. The van der Waals surface area contributed by atoms with E-state index < -0.39 is 5.97 Å². The molecule has 108 valence electrons. The number of benzene rings is 1. The van der Waals surface area contributed by atoms with Gasteiger partial charge >= 0.3 is 5.97 Å². The number of carboxylic acids is 1. The lowest BCUT2D eigenvalue weighted by Crippen LogP contribution is -2.07. The van der Waals surface area contributed by atoms with E-state index in [-0.39, 0.29) is 5.56 Å². The smallest absolute Gasteiger partial charge is 0.335 e. The molecule has 21 heavy (non-hydrogen) atoms. The summed E-state index contributed by atoms with van der Waals surface area (Å²) in [5, 5.41) is 12.9. The number of aryl methyl sites for hydroxylation is 3. The van der Waals surface area contributed by atoms with Crippen molar-refractivity contribution in [3.8, 4) is 0 Å². The van der Waals surface area contributed by atoms with Gasteiger partial charge in [0.25, 0.3) is 0 Å². The van der Waals surface area contributed by atoms with Gasteiger partial charge in [-0.2, -0.15) is 4.98 Å². The molecule has 7 nitrogen and oxygen atoms in total. The van der Waals surface area contributed by atoms with E-state index in [0.29, 0.717) is 18.8 Å². The molecule has 1 N–H and O–H groups in total. The van der Waals surface area contributed by atoms with Crippen LogP contribution in [-0.2, 0) is 19.4 Å². The third-order valence-corrected chi connectivity index (χ3v) is 3.36. The molecule has 0 bridgehead atoms. The van der Waals surface area contributed by atoms with Crippen LogP contribution in [0.4, 0.5) is 0 Å². The lowest BCUT2D eigenvalue weighted by Gasteiger charge is -2.06. The van der Waals surface area contributed by atoms with Crippen molar-refractivity contribution in [1.82, 2.24) is 19.7 Å². The second kappa shape index (κ2) is 5.35. The van der Waals surface area contributed by atoms with Crippen LogP contribution < -0.4 is 0 Å². The quantitative estimate of drug-likeness (QED) is 0.770. The highest BCUT2D eigenvalue weighted by Crippen LogP contribution is 2.19. The topological polar surface area (TPSA) is 94.0 Å². The summed E-state index contributed by atoms with van der Waals surface area (Å²) >= 11 is 0. The van der Waals surface area contributed by atoms with E-state index in [1.807, 2.05) is 11.5 Å². The van der Waals surface area contributed by atoms with E-state index in [1.165, 1.54) is 6.39 Å². The monoisotopic (exact) mass is 286 g/mol. The second-order valence-corrected chi connectivity index (χ2v) is 4.64. The third-order valence-electron chi connectivity index (χ3n) is 3.36. The van der Waals surface area contributed by atoms with E-state index in [2.05, 4.69) is 15.1 Å². The number of aromatic nitrogens is 4. The minimum absolute atomic E-state index is 0.255. The Morgan fingerprint density at radius 2 is 2.29 bits per heavy atom. The molecule has 1 aromatic carbocycles. The van der Waals surface area contributed by atoms with Crippen molar-refractivity contribution in [3.63, 3.8) is 0 Å². The maximum atomic E-state index is 11.1. The van der Waals surface area contributed by atoms with Gasteiger partial charge in [0.15, 0.2) is 5.82 Å². The zero-order valence-corrected chi connectivity index (χ0v) is 11.5. The Balaban J connectivity index is 2.00. The van der Waals surface area contributed by atoms with Crippen molar-refractivity contribution in [2.75, 3.05) is 0 Å². The van der Waals surface area contributed by atoms with Crippen molar-refractivity contribution in [2.24, 2.45) is 0 Å². The SMILES string of the molecule is CCc1nc2ccc(C(=O)O)cc2n1CCc1ncon1. The van der Waals surface area contributed by atoms with E-state index in [0.717, 1.165) is 23.3 Å². The fraction of sp³-hybridized carbons (Fsp3) is 0.286. The van der Waals surface area contributed by atoms with Crippen molar-refractivity contribution in [2.45, 2.75) is 26.3 Å². The molecular formula is C14H14N4O3. The first-order chi connectivity index (χ1) is 10.2. The number of nitrogens with zero attached hydrogens (tertiary/aromatic N) is 4. The minimum Gasteiger partial charge on any atom is -0.478 e. The van der Waals surface area contributed by atoms with Gasteiger partial charge in [-0.15, -0.1) is 0 Å². The van der Waals surface area contributed by atoms with Crippen LogP contribution in [0.2, 0.25) is 0 Å². The lowest BCUT2D eigenvalue weighted by molar-refractivity contribution is 0.0697. The van der Waals surface area contributed by atoms with Gasteiger partial charge in [0.1, 0.15) is 5.82 Å². The number of imidazole rings is 1. The molecule has 0 spiro atoms. The van der Waals surface area contributed by atoms with Crippen molar-refractivity contribution in [3.05, 3.63) is 41.8 Å². The van der Waals surface area contributed by atoms with Crippen LogP contribution in [0.5, 0.6) is 0 Å². The van der Waals surface area contributed by atoms with E-state index in [9.17, 15) is 4.79 Å². The number of rotatable bonds is 5. The standard InChI is InChI=1S/C14H14N4O3/c1-2-13-16-10-4-3-9(14(19)20)7-11(10)18(13)6-5-12-15-8-21-17-12/h3-4,7-8H,2,5-6H2,1H3,(H,19,20). The Morgan fingerprint density at radius 3 is 2.95 bits per heavy atom. The van der Waals surface area contributed by atoms with Gasteiger partial charge in [-0.05, 0) is 18.2 Å². The Hall–Kier alpha value is -2.70. The number of hydrogen-bond acceptors (Lipinski definition) is 5. The van der Waals surface area contributed by atoms with Crippen molar-refractivity contribution in [1.29, 1.82) is 0 Å². The maximum Gasteiger partial charge on any atom is 0.335 e. The first kappa shape index (κ1) is 13.3. The molecule has 0 saturated heterocycles. The molecular weight excluding hydrogens is 272 g/mol. The molecule has 2 aromatic heterocycles. The van der Waals surface area contributed by atoms with Gasteiger partial charge in [-0.3, -0.25) is 0 Å². The predicted molar refractivity (Wildman–Crippen MR) is 74.1 cm³/mol. The molecule has 0 aliphatic heterocycles. The predicted octanol–water partition coefficient (Wildman–Crippen LogP) is 1.92. The molecule has 0 aliphatic rings. The van der Waals surface area contributed by atoms with E-state index in [4.69, 9.17) is 9.63 Å². The maximum absolute atomic E-state index is 11.1. The largest absolute Gasteiger partial charge is 0.478 e. The number of carbonyl (C=O) groups is 1. The van der Waals surface area contributed by atoms with Gasteiger partial charge in [0.05, 0.1) is 16.6 Å². The highest BCUT2D eigenvalue weighted by Gasteiger charge is 2.13. The summed E-state index contributed by atoms with van der Waals surface area (Å²) in [6.07, 6.45) is 2.67. The summed E-state index contributed by atoms with van der Waals surface area (Å²) in [5.74, 6) is 0.588. The molecule has 3 aromatic rings. The lowest BCUT2D eigenvalue weighted by atomic mass is 10.2. The van der Waals surface area contributed by atoms with E-state index in [1.54, 1.807) is 18.2 Å². The van der Waals surface area contributed by atoms with Gasteiger partial charge in [0, 0.05) is 19.4 Å². The fourth-order valence-electron chi connectivity index (χ4n) is 2.34. The van der Waals surface area contributed by atoms with E-state index >= 15 is 0 Å². The second-order valence-electron chi connectivity index (χ2n) is 4.64. The number of hydrogen-bond donors (Lipinski definition) is 1. The summed E-state index contributed by atoms with van der Waals surface area (Å²) < 4.78 is 6.73. The average Bonchev–Trinajstić information content (AvgIpc) is 3.11. The van der Waals surface area contributed by atoms with Crippen LogP contribution in [0, 0.1) is 0 Å². The first-order valence-electron chi connectivity index (χ1n) is 6.66. The summed E-state index contributed by atoms with van der Waals surface area (Å²) in [5.41, 5.74) is 1.87. The van der Waals surface area contributed by atoms with Crippen LogP contribution in [0.25, 0.3) is 11.0 Å². The third kappa shape index (κ3) is 2.49. The zero-order valence-electron chi connectivity index (χ0n) is 11.5. The summed E-state index contributed by atoms with van der Waals surface area (Å²) in [6.45, 7) is 2.65. The molecule has 0 aliphatic carbocycles. The molecule has 3 rings (SSSR count). The number of carboxylic acid groups (broad SMARTS) is 1. The normalized spacial score (nSPS) is 11.1. The molecule has 0 saturated carbocycles. The summed E-state index contributed by atoms with van der Waals surface area (Å²) in [4.78, 5) is 19.6. The highest BCUT2D eigenvalue weighted by molar-refractivity contribution is 5.92. The molecule has 0 unspecified atom stereocenters. The first-order valence-corrected chi connectivity index (χ1v) is 6.66. The molecule has 0 radical (unpaired) electrons. The Bertz CT molecular complexity index is 777. The van der Waals surface area contributed by atoms with Crippen LogP contribution in [0.15, 0.2) is 29.1 Å². The van der Waals surface area contributed by atoms with Crippen LogP contribution in [0.3, 0.4) is 0 Å². The fourth-order valence-corrected chi connectivity index (χ4v) is 2.34. The van der Waals surface area contributed by atoms with Gasteiger partial charge in [-0.25, -0.2) is 9.78 Å². The molecule has 0 atom stereocenters. The summed E-state index contributed by atoms with van der Waals surface area (Å²) in [6, 6.07) is 4.96. The number of fused-ring (bicyclic) bond motifs is 1. The highest BCUT2D eigenvalue weighted by atomic mass is 16.5. The van der Waals surface area contributed by atoms with Crippen LogP contribution in [0.1, 0.15) is 28.9 Å². The molecule has 2 heterocycles. The van der Waals surface area contributed by atoms with Crippen LogP contribution >= 0.6 is 0 Å². The van der Waals surface area contributed by atoms with Gasteiger partial charge < -0.3 is 14.2 Å². The molecule has 0 fully saturated rings. The Morgan fingerprint density at radius 1 is 1.43 bits per heavy atom. The van der Waals surface area contributed by atoms with Crippen LogP contribution in [-0.4, -0.2) is 30.8 Å². The van der Waals surface area contributed by atoms with Gasteiger partial charge in [-0.1, -0.05) is 12.1 Å². The number of aromatic carboxylic acids is 1. The zero-order chi connectivity index (χ0) is 14.8. The van der Waals surface area contributed by atoms with Crippen molar-refractivity contribution < 1.29 is 14.4 Å². The summed E-state index contributed by atoms with van der Waals surface area (Å²) in [7, 11) is 0. The molecule has 7 heteroatoms. The Labute approximate surface area is 120 Å². The van der Waals surface area contributed by atoms with Crippen molar-refractivity contribution >= 4 is 17.0 Å². The molecule has 0 amide bonds. The average molecular weight is 286 g/mol. The minimum atomic E-state index is -0.944. The van der Waals surface area contributed by atoms with Gasteiger partial charge in [0.2, 0.25) is 6.39 Å².